The molecule has 33 heavy (non-hydrogen) atoms. The van der Waals surface area contributed by atoms with Crippen molar-refractivity contribution in [3.05, 3.63) is 114 Å². The third kappa shape index (κ3) is 4.09. The van der Waals surface area contributed by atoms with E-state index in [1.165, 1.54) is 6.07 Å². The Hall–Kier alpha value is -4.71. The van der Waals surface area contributed by atoms with Gasteiger partial charge in [-0.1, -0.05) is 78.9 Å². The number of aromatic hydroxyl groups is 1. The summed E-state index contributed by atoms with van der Waals surface area (Å²) in [6.07, 6.45) is 3.43. The summed E-state index contributed by atoms with van der Waals surface area (Å²) in [7, 11) is 0. The fourth-order valence-corrected chi connectivity index (χ4v) is 3.73. The molecule has 4 aromatic carbocycles. The van der Waals surface area contributed by atoms with E-state index in [0.29, 0.717) is 5.39 Å². The van der Waals surface area contributed by atoms with Gasteiger partial charge < -0.3 is 5.11 Å². The van der Waals surface area contributed by atoms with E-state index in [4.69, 9.17) is 5.10 Å². The zero-order chi connectivity index (χ0) is 22.6. The molecule has 0 atom stereocenters. The molecule has 0 unspecified atom stereocenters. The van der Waals surface area contributed by atoms with E-state index in [1.807, 2.05) is 85.1 Å². The van der Waals surface area contributed by atoms with Gasteiger partial charge in [0.15, 0.2) is 0 Å². The minimum atomic E-state index is -0.489. The van der Waals surface area contributed by atoms with Gasteiger partial charge >= 0.3 is 0 Å². The first kappa shape index (κ1) is 20.2. The number of benzene rings is 4. The summed E-state index contributed by atoms with van der Waals surface area (Å²) in [6, 6.07) is 30.2. The Labute approximate surface area is 190 Å². The molecule has 0 saturated carbocycles. The van der Waals surface area contributed by atoms with Crippen molar-refractivity contribution in [2.75, 3.05) is 0 Å². The van der Waals surface area contributed by atoms with Crippen LogP contribution in [0.2, 0.25) is 0 Å². The van der Waals surface area contributed by atoms with Crippen molar-refractivity contribution in [1.29, 1.82) is 0 Å². The Morgan fingerprint density at radius 3 is 2.36 bits per heavy atom. The van der Waals surface area contributed by atoms with Crippen molar-refractivity contribution in [2.24, 2.45) is 5.10 Å². The monoisotopic (exact) mass is 432 g/mol. The molecular weight excluding hydrogens is 412 g/mol. The summed E-state index contributed by atoms with van der Waals surface area (Å²) in [5.74, 6) is -0.583. The van der Waals surface area contributed by atoms with Gasteiger partial charge in [-0.2, -0.15) is 10.2 Å². The van der Waals surface area contributed by atoms with E-state index >= 15 is 0 Å². The Bertz CT molecular complexity index is 1460. The lowest BCUT2D eigenvalue weighted by atomic mass is 10.0. The topological polar surface area (TPSA) is 79.5 Å². The number of nitrogens with zero attached hydrogens (tertiary/aromatic N) is 3. The van der Waals surface area contributed by atoms with Crippen molar-refractivity contribution in [3.63, 3.8) is 0 Å². The number of fused-ring (bicyclic) bond motifs is 1. The summed E-state index contributed by atoms with van der Waals surface area (Å²) < 4.78 is 1.78. The molecule has 0 aliphatic carbocycles. The SMILES string of the molecule is O=C(N/N=C\c1cn(-c2ccccc2)nc1-c1ccccc1)c1c(O)ccc2ccccc12. The van der Waals surface area contributed by atoms with E-state index in [0.717, 1.165) is 27.9 Å². The van der Waals surface area contributed by atoms with Crippen LogP contribution in [0.4, 0.5) is 0 Å². The van der Waals surface area contributed by atoms with E-state index in [-0.39, 0.29) is 11.3 Å². The predicted molar refractivity (Wildman–Crippen MR) is 130 cm³/mol. The smallest absolute Gasteiger partial charge is 0.275 e. The normalized spacial score (nSPS) is 11.2. The minimum absolute atomic E-state index is 0.0942. The number of aromatic nitrogens is 2. The van der Waals surface area contributed by atoms with Crippen LogP contribution in [0.25, 0.3) is 27.7 Å². The molecule has 5 rings (SSSR count). The number of carbonyl (C=O) groups is 1. The van der Waals surface area contributed by atoms with E-state index < -0.39 is 5.91 Å². The third-order valence-corrected chi connectivity index (χ3v) is 5.31. The van der Waals surface area contributed by atoms with Gasteiger partial charge in [0.05, 0.1) is 17.5 Å². The number of hydrazone groups is 1. The number of hydrogen-bond donors (Lipinski definition) is 2. The van der Waals surface area contributed by atoms with Gasteiger partial charge in [-0.3, -0.25) is 4.79 Å². The molecule has 0 spiro atoms. The maximum atomic E-state index is 12.8. The second-order valence-corrected chi connectivity index (χ2v) is 7.46. The van der Waals surface area contributed by atoms with Crippen LogP contribution in [0.5, 0.6) is 5.75 Å². The van der Waals surface area contributed by atoms with E-state index in [1.54, 1.807) is 23.0 Å². The molecule has 6 nitrogen and oxygen atoms in total. The van der Waals surface area contributed by atoms with Crippen molar-refractivity contribution in [3.8, 4) is 22.7 Å². The Morgan fingerprint density at radius 2 is 1.58 bits per heavy atom. The van der Waals surface area contributed by atoms with Crippen LogP contribution in [-0.4, -0.2) is 27.0 Å². The molecule has 0 radical (unpaired) electrons. The van der Waals surface area contributed by atoms with Gasteiger partial charge in [-0.05, 0) is 29.0 Å². The average molecular weight is 432 g/mol. The summed E-state index contributed by atoms with van der Waals surface area (Å²) >= 11 is 0. The summed E-state index contributed by atoms with van der Waals surface area (Å²) in [6.45, 7) is 0. The Morgan fingerprint density at radius 1 is 0.879 bits per heavy atom. The van der Waals surface area contributed by atoms with Crippen LogP contribution in [-0.2, 0) is 0 Å². The fraction of sp³-hybridized carbons (Fsp3) is 0. The molecular formula is C27H20N4O2. The molecule has 2 N–H and O–H groups in total. The second-order valence-electron chi connectivity index (χ2n) is 7.46. The van der Waals surface area contributed by atoms with Crippen molar-refractivity contribution < 1.29 is 9.90 Å². The first-order chi connectivity index (χ1) is 16.2. The largest absolute Gasteiger partial charge is 0.507 e. The second kappa shape index (κ2) is 8.80. The van der Waals surface area contributed by atoms with Crippen molar-refractivity contribution in [2.45, 2.75) is 0 Å². The molecule has 160 valence electrons. The fourth-order valence-electron chi connectivity index (χ4n) is 3.73. The number of carbonyl (C=O) groups excluding carboxylic acids is 1. The number of phenolic OH excluding ortho intramolecular Hbond substituents is 1. The third-order valence-electron chi connectivity index (χ3n) is 5.31. The van der Waals surface area contributed by atoms with Gasteiger partial charge in [0.25, 0.3) is 5.91 Å². The molecule has 1 heterocycles. The molecule has 0 bridgehead atoms. The highest BCUT2D eigenvalue weighted by atomic mass is 16.3. The molecule has 0 aliphatic rings. The lowest BCUT2D eigenvalue weighted by molar-refractivity contribution is 0.0954. The van der Waals surface area contributed by atoms with Crippen LogP contribution in [0.3, 0.4) is 0 Å². The molecule has 1 amide bonds. The van der Waals surface area contributed by atoms with Gasteiger partial charge in [0.1, 0.15) is 11.4 Å². The molecule has 5 aromatic rings. The lowest BCUT2D eigenvalue weighted by Gasteiger charge is -2.07. The summed E-state index contributed by atoms with van der Waals surface area (Å²) in [5, 5.41) is 20.7. The van der Waals surface area contributed by atoms with Crippen LogP contribution in [0.1, 0.15) is 15.9 Å². The highest BCUT2D eigenvalue weighted by Crippen LogP contribution is 2.27. The lowest BCUT2D eigenvalue weighted by Crippen LogP contribution is -2.18. The molecule has 6 heteroatoms. The molecule has 1 aromatic heterocycles. The number of amides is 1. The van der Waals surface area contributed by atoms with Gasteiger partial charge in [-0.15, -0.1) is 0 Å². The number of phenols is 1. The maximum absolute atomic E-state index is 12.8. The van der Waals surface area contributed by atoms with Crippen LogP contribution >= 0.6 is 0 Å². The number of rotatable bonds is 5. The Kier molecular flexibility index (Phi) is 5.39. The van der Waals surface area contributed by atoms with Gasteiger partial charge in [-0.25, -0.2) is 10.1 Å². The predicted octanol–water partition coefficient (Wildman–Crippen LogP) is 5.16. The quantitative estimate of drug-likeness (QED) is 0.297. The standard InChI is InChI=1S/C27H20N4O2/c32-24-16-15-19-9-7-8-14-23(19)25(24)27(33)29-28-17-21-18-31(22-12-5-2-6-13-22)30-26(21)20-10-3-1-4-11-20/h1-18,32H,(H,29,33)/b28-17-. The average Bonchev–Trinajstić information content (AvgIpc) is 3.29. The van der Waals surface area contributed by atoms with Gasteiger partial charge in [0, 0.05) is 17.3 Å². The zero-order valence-corrected chi connectivity index (χ0v) is 17.6. The highest BCUT2D eigenvalue weighted by Gasteiger charge is 2.15. The zero-order valence-electron chi connectivity index (χ0n) is 17.6. The molecule has 0 aliphatic heterocycles. The first-order valence-corrected chi connectivity index (χ1v) is 10.5. The molecule has 0 fully saturated rings. The van der Waals surface area contributed by atoms with Crippen LogP contribution in [0, 0.1) is 0 Å². The minimum Gasteiger partial charge on any atom is -0.507 e. The maximum Gasteiger partial charge on any atom is 0.275 e. The van der Waals surface area contributed by atoms with Crippen LogP contribution in [0.15, 0.2) is 108 Å². The molecule has 0 saturated heterocycles. The summed E-state index contributed by atoms with van der Waals surface area (Å²) in [5.41, 5.74) is 6.07. The number of para-hydroxylation sites is 1. The number of nitrogens with one attached hydrogen (secondary N) is 1. The van der Waals surface area contributed by atoms with Crippen LogP contribution < -0.4 is 5.43 Å². The first-order valence-electron chi connectivity index (χ1n) is 10.5. The van der Waals surface area contributed by atoms with Crippen molar-refractivity contribution in [1.82, 2.24) is 15.2 Å². The Balaban J connectivity index is 1.47. The number of hydrogen-bond acceptors (Lipinski definition) is 4. The van der Waals surface area contributed by atoms with Gasteiger partial charge in [0.2, 0.25) is 0 Å². The van der Waals surface area contributed by atoms with Crippen molar-refractivity contribution >= 4 is 22.9 Å². The van der Waals surface area contributed by atoms with E-state index in [9.17, 15) is 9.90 Å². The highest BCUT2D eigenvalue weighted by molar-refractivity contribution is 6.09. The summed E-state index contributed by atoms with van der Waals surface area (Å²) in [4.78, 5) is 12.8. The van der Waals surface area contributed by atoms with E-state index in [2.05, 4.69) is 10.5 Å².